The van der Waals surface area contributed by atoms with E-state index >= 15 is 0 Å². The highest BCUT2D eigenvalue weighted by Crippen LogP contribution is 2.13. The van der Waals surface area contributed by atoms with Crippen LogP contribution in [0.25, 0.3) is 0 Å². The summed E-state index contributed by atoms with van der Waals surface area (Å²) in [6.45, 7) is 5.43. The summed E-state index contributed by atoms with van der Waals surface area (Å²) in [7, 11) is 1.33. The molecule has 4 nitrogen and oxygen atoms in total. The molecule has 0 saturated carbocycles. The molecule has 1 aromatic carbocycles. The van der Waals surface area contributed by atoms with Crippen LogP contribution in [0.3, 0.4) is 0 Å². The highest BCUT2D eigenvalue weighted by molar-refractivity contribution is 5.90. The van der Waals surface area contributed by atoms with Gasteiger partial charge in [0.1, 0.15) is 5.60 Å². The Morgan fingerprint density at radius 1 is 1.22 bits per heavy atom. The highest BCUT2D eigenvalue weighted by atomic mass is 16.6. The van der Waals surface area contributed by atoms with Crippen molar-refractivity contribution in [3.05, 3.63) is 35.4 Å². The molecule has 0 aliphatic heterocycles. The van der Waals surface area contributed by atoms with Crippen LogP contribution < -0.4 is 0 Å². The maximum atomic E-state index is 11.8. The fourth-order valence-electron chi connectivity index (χ4n) is 1.38. The van der Waals surface area contributed by atoms with E-state index in [0.717, 1.165) is 5.56 Å². The number of hydrogen-bond acceptors (Lipinski definition) is 4. The van der Waals surface area contributed by atoms with Crippen molar-refractivity contribution in [1.29, 1.82) is 0 Å². The normalized spacial score (nSPS) is 10.9. The Balaban J connectivity index is 2.82. The van der Waals surface area contributed by atoms with Gasteiger partial charge < -0.3 is 9.47 Å². The van der Waals surface area contributed by atoms with Crippen molar-refractivity contribution in [2.75, 3.05) is 7.11 Å². The van der Waals surface area contributed by atoms with Crippen LogP contribution in [0.4, 0.5) is 0 Å². The molecule has 1 rings (SSSR count). The van der Waals surface area contributed by atoms with Gasteiger partial charge in [-0.05, 0) is 38.5 Å². The van der Waals surface area contributed by atoms with Gasteiger partial charge in [0.05, 0.1) is 19.1 Å². The van der Waals surface area contributed by atoms with Gasteiger partial charge in [0.25, 0.3) is 0 Å². The summed E-state index contributed by atoms with van der Waals surface area (Å²) in [5, 5.41) is 0. The Morgan fingerprint density at radius 2 is 1.89 bits per heavy atom. The smallest absolute Gasteiger partial charge is 0.338 e. The maximum absolute atomic E-state index is 11.8. The molecular formula is C14H18O4. The minimum atomic E-state index is -0.532. The summed E-state index contributed by atoms with van der Waals surface area (Å²) in [4.78, 5) is 23.0. The van der Waals surface area contributed by atoms with Crippen molar-refractivity contribution in [1.82, 2.24) is 0 Å². The van der Waals surface area contributed by atoms with Gasteiger partial charge in [-0.3, -0.25) is 4.79 Å². The van der Waals surface area contributed by atoms with Crippen molar-refractivity contribution < 1.29 is 19.1 Å². The fraction of sp³-hybridized carbons (Fsp3) is 0.429. The molecule has 0 aliphatic carbocycles. The monoisotopic (exact) mass is 250 g/mol. The molecule has 0 spiro atoms. The molecule has 4 heteroatoms. The Bertz CT molecular complexity index is 443. The molecule has 0 bridgehead atoms. The van der Waals surface area contributed by atoms with Crippen LogP contribution in [0.5, 0.6) is 0 Å². The predicted molar refractivity (Wildman–Crippen MR) is 67.3 cm³/mol. The van der Waals surface area contributed by atoms with E-state index in [4.69, 9.17) is 4.74 Å². The Hall–Kier alpha value is -1.84. The molecule has 0 unspecified atom stereocenters. The number of carbonyl (C=O) groups excluding carboxylic acids is 2. The molecule has 0 fully saturated rings. The zero-order valence-corrected chi connectivity index (χ0v) is 11.1. The van der Waals surface area contributed by atoms with E-state index in [0.29, 0.717) is 5.56 Å². The largest absolute Gasteiger partial charge is 0.469 e. The van der Waals surface area contributed by atoms with Gasteiger partial charge in [-0.1, -0.05) is 12.1 Å². The standard InChI is InChI=1S/C14H18O4/c1-14(2,3)18-13(16)11-7-5-6-10(8-11)9-12(15)17-4/h5-8H,9H2,1-4H3. The lowest BCUT2D eigenvalue weighted by atomic mass is 10.1. The summed E-state index contributed by atoms with van der Waals surface area (Å²) in [5.41, 5.74) is 0.631. The molecule has 98 valence electrons. The fourth-order valence-corrected chi connectivity index (χ4v) is 1.38. The second-order valence-electron chi connectivity index (χ2n) is 4.96. The molecular weight excluding hydrogens is 232 g/mol. The van der Waals surface area contributed by atoms with Crippen LogP contribution in [0.2, 0.25) is 0 Å². The van der Waals surface area contributed by atoms with Crippen molar-refractivity contribution in [2.24, 2.45) is 0 Å². The molecule has 0 amide bonds. The SMILES string of the molecule is COC(=O)Cc1cccc(C(=O)OC(C)(C)C)c1. The van der Waals surface area contributed by atoms with Gasteiger partial charge in [-0.15, -0.1) is 0 Å². The summed E-state index contributed by atoms with van der Waals surface area (Å²) in [6, 6.07) is 6.79. The number of ether oxygens (including phenoxy) is 2. The zero-order chi connectivity index (χ0) is 13.8. The number of rotatable bonds is 3. The third-order valence-electron chi connectivity index (χ3n) is 2.14. The van der Waals surface area contributed by atoms with Crippen LogP contribution in [0, 0.1) is 0 Å². The molecule has 0 atom stereocenters. The first-order chi connectivity index (χ1) is 8.31. The van der Waals surface area contributed by atoms with E-state index in [1.54, 1.807) is 24.3 Å². The van der Waals surface area contributed by atoms with Crippen LogP contribution in [-0.2, 0) is 20.7 Å². The van der Waals surface area contributed by atoms with Gasteiger partial charge in [-0.25, -0.2) is 4.79 Å². The number of hydrogen-bond donors (Lipinski definition) is 0. The average Bonchev–Trinajstić information content (AvgIpc) is 2.27. The molecule has 0 aromatic heterocycles. The van der Waals surface area contributed by atoms with E-state index < -0.39 is 11.6 Å². The summed E-state index contributed by atoms with van der Waals surface area (Å²) < 4.78 is 9.83. The van der Waals surface area contributed by atoms with E-state index in [-0.39, 0.29) is 12.4 Å². The third kappa shape index (κ3) is 4.57. The Kier molecular flexibility index (Phi) is 4.48. The van der Waals surface area contributed by atoms with Crippen LogP contribution in [-0.4, -0.2) is 24.6 Å². The molecule has 18 heavy (non-hydrogen) atoms. The first-order valence-electron chi connectivity index (χ1n) is 5.71. The molecule has 1 aromatic rings. The van der Waals surface area contributed by atoms with Crippen molar-refractivity contribution in [3.8, 4) is 0 Å². The molecule has 0 radical (unpaired) electrons. The number of carbonyl (C=O) groups is 2. The van der Waals surface area contributed by atoms with Crippen LogP contribution in [0.15, 0.2) is 24.3 Å². The van der Waals surface area contributed by atoms with Gasteiger partial charge in [-0.2, -0.15) is 0 Å². The number of esters is 2. The van der Waals surface area contributed by atoms with Gasteiger partial charge >= 0.3 is 11.9 Å². The second kappa shape index (κ2) is 5.67. The number of benzene rings is 1. The van der Waals surface area contributed by atoms with Gasteiger partial charge in [0.2, 0.25) is 0 Å². The molecule has 0 N–H and O–H groups in total. The minimum absolute atomic E-state index is 0.146. The second-order valence-corrected chi connectivity index (χ2v) is 4.96. The Morgan fingerprint density at radius 3 is 2.44 bits per heavy atom. The average molecular weight is 250 g/mol. The maximum Gasteiger partial charge on any atom is 0.338 e. The van der Waals surface area contributed by atoms with E-state index in [9.17, 15) is 9.59 Å². The lowest BCUT2D eigenvalue weighted by Crippen LogP contribution is -2.24. The van der Waals surface area contributed by atoms with Gasteiger partial charge in [0, 0.05) is 0 Å². The van der Waals surface area contributed by atoms with Crippen LogP contribution >= 0.6 is 0 Å². The summed E-state index contributed by atoms with van der Waals surface area (Å²) in [6.07, 6.45) is 0.146. The van der Waals surface area contributed by atoms with E-state index in [1.165, 1.54) is 7.11 Å². The third-order valence-corrected chi connectivity index (χ3v) is 2.14. The summed E-state index contributed by atoms with van der Waals surface area (Å²) in [5.74, 6) is -0.731. The van der Waals surface area contributed by atoms with E-state index in [2.05, 4.69) is 4.74 Å². The first-order valence-corrected chi connectivity index (χ1v) is 5.71. The van der Waals surface area contributed by atoms with Crippen LogP contribution in [0.1, 0.15) is 36.7 Å². The quantitative estimate of drug-likeness (QED) is 0.773. The predicted octanol–water partition coefficient (Wildman–Crippen LogP) is 2.36. The van der Waals surface area contributed by atoms with Crippen molar-refractivity contribution >= 4 is 11.9 Å². The molecule has 0 heterocycles. The lowest BCUT2D eigenvalue weighted by molar-refractivity contribution is -0.139. The summed E-state index contributed by atoms with van der Waals surface area (Å²) >= 11 is 0. The Labute approximate surface area is 107 Å². The zero-order valence-electron chi connectivity index (χ0n) is 11.1. The molecule has 0 aliphatic rings. The molecule has 0 saturated heterocycles. The van der Waals surface area contributed by atoms with E-state index in [1.807, 2.05) is 20.8 Å². The van der Waals surface area contributed by atoms with Crippen molar-refractivity contribution in [3.63, 3.8) is 0 Å². The van der Waals surface area contributed by atoms with Gasteiger partial charge in [0.15, 0.2) is 0 Å². The first kappa shape index (κ1) is 14.2. The number of methoxy groups -OCH3 is 1. The lowest BCUT2D eigenvalue weighted by Gasteiger charge is -2.19. The van der Waals surface area contributed by atoms with Crippen molar-refractivity contribution in [2.45, 2.75) is 32.8 Å². The topological polar surface area (TPSA) is 52.6 Å². The highest BCUT2D eigenvalue weighted by Gasteiger charge is 2.18. The minimum Gasteiger partial charge on any atom is -0.469 e.